The van der Waals surface area contributed by atoms with Crippen molar-refractivity contribution in [2.24, 2.45) is 4.99 Å². The zero-order chi connectivity index (χ0) is 19.6. The molecule has 0 saturated heterocycles. The first kappa shape index (κ1) is 20.2. The summed E-state index contributed by atoms with van der Waals surface area (Å²) in [5, 5.41) is 9.11. The van der Waals surface area contributed by atoms with Crippen LogP contribution in [-0.2, 0) is 17.8 Å². The Morgan fingerprint density at radius 2 is 1.96 bits per heavy atom. The Morgan fingerprint density at radius 3 is 2.63 bits per heavy atom. The van der Waals surface area contributed by atoms with E-state index >= 15 is 0 Å². The van der Waals surface area contributed by atoms with Gasteiger partial charge in [-0.05, 0) is 35.7 Å². The number of carbonyl (C=O) groups excluding carboxylic acids is 1. The van der Waals surface area contributed by atoms with E-state index < -0.39 is 0 Å². The minimum absolute atomic E-state index is 0.163. The van der Waals surface area contributed by atoms with Gasteiger partial charge in [-0.25, -0.2) is 4.39 Å². The molecular formula is C20H25FN4O2. The summed E-state index contributed by atoms with van der Waals surface area (Å²) >= 11 is 0. The molecule has 0 spiro atoms. The lowest BCUT2D eigenvalue weighted by Crippen LogP contribution is -2.37. The van der Waals surface area contributed by atoms with Crippen LogP contribution < -0.4 is 20.7 Å². The van der Waals surface area contributed by atoms with Crippen LogP contribution in [0.4, 0.5) is 10.1 Å². The number of nitrogens with zero attached hydrogens (tertiary/aromatic N) is 1. The van der Waals surface area contributed by atoms with Gasteiger partial charge < -0.3 is 20.7 Å². The molecule has 2 aromatic carbocycles. The molecule has 2 aromatic rings. The maximum absolute atomic E-state index is 13.6. The van der Waals surface area contributed by atoms with Gasteiger partial charge in [0.25, 0.3) is 0 Å². The smallest absolute Gasteiger partial charge is 0.221 e. The first-order chi connectivity index (χ1) is 13.0. The summed E-state index contributed by atoms with van der Waals surface area (Å²) in [4.78, 5) is 15.5. The molecule has 2 rings (SSSR count). The minimum Gasteiger partial charge on any atom is -0.495 e. The van der Waals surface area contributed by atoms with E-state index in [-0.39, 0.29) is 11.7 Å². The number of nitrogens with one attached hydrogen (secondary N) is 3. The molecule has 0 aromatic heterocycles. The lowest BCUT2D eigenvalue weighted by molar-refractivity contribution is -0.114. The van der Waals surface area contributed by atoms with Crippen LogP contribution in [0.2, 0.25) is 0 Å². The summed E-state index contributed by atoms with van der Waals surface area (Å²) in [6.07, 6.45) is 0.558. The fourth-order valence-electron chi connectivity index (χ4n) is 2.58. The number of rotatable bonds is 7. The number of ether oxygens (including phenoxy) is 1. The minimum atomic E-state index is -0.203. The van der Waals surface area contributed by atoms with Crippen LogP contribution in [0.25, 0.3) is 0 Å². The Labute approximate surface area is 158 Å². The van der Waals surface area contributed by atoms with E-state index in [4.69, 9.17) is 4.74 Å². The summed E-state index contributed by atoms with van der Waals surface area (Å²) in [7, 11) is 3.23. The van der Waals surface area contributed by atoms with E-state index in [1.807, 2.05) is 18.2 Å². The second-order valence-electron chi connectivity index (χ2n) is 5.91. The zero-order valence-electron chi connectivity index (χ0n) is 15.8. The fraction of sp³-hybridized carbons (Fsp3) is 0.300. The van der Waals surface area contributed by atoms with Gasteiger partial charge in [0.05, 0.1) is 12.8 Å². The Morgan fingerprint density at radius 1 is 1.19 bits per heavy atom. The highest BCUT2D eigenvalue weighted by Crippen LogP contribution is 2.25. The normalized spacial score (nSPS) is 11.0. The van der Waals surface area contributed by atoms with E-state index in [2.05, 4.69) is 20.9 Å². The monoisotopic (exact) mass is 372 g/mol. The van der Waals surface area contributed by atoms with Crippen LogP contribution in [0.15, 0.2) is 47.5 Å². The Kier molecular flexibility index (Phi) is 7.61. The van der Waals surface area contributed by atoms with E-state index in [0.717, 1.165) is 5.56 Å². The van der Waals surface area contributed by atoms with Crippen molar-refractivity contribution in [1.82, 2.24) is 10.6 Å². The van der Waals surface area contributed by atoms with Gasteiger partial charge in [0.1, 0.15) is 11.6 Å². The lowest BCUT2D eigenvalue weighted by Gasteiger charge is -2.14. The Balaban J connectivity index is 1.90. The molecule has 7 heteroatoms. The van der Waals surface area contributed by atoms with Crippen molar-refractivity contribution in [3.63, 3.8) is 0 Å². The van der Waals surface area contributed by atoms with Crippen molar-refractivity contribution in [2.75, 3.05) is 26.0 Å². The summed E-state index contributed by atoms with van der Waals surface area (Å²) in [5.41, 5.74) is 2.24. The molecule has 0 heterocycles. The lowest BCUT2D eigenvalue weighted by atomic mass is 10.1. The molecule has 0 unspecified atom stereocenters. The molecule has 6 nitrogen and oxygen atoms in total. The molecule has 0 atom stereocenters. The summed E-state index contributed by atoms with van der Waals surface area (Å²) in [6, 6.07) is 12.3. The van der Waals surface area contributed by atoms with Gasteiger partial charge >= 0.3 is 0 Å². The number of carbonyl (C=O) groups is 1. The number of anilines is 1. The van der Waals surface area contributed by atoms with Gasteiger partial charge in [0.2, 0.25) is 5.91 Å². The highest BCUT2D eigenvalue weighted by molar-refractivity contribution is 5.90. The van der Waals surface area contributed by atoms with Crippen LogP contribution in [0.3, 0.4) is 0 Å². The summed E-state index contributed by atoms with van der Waals surface area (Å²) < 4.78 is 18.9. The van der Waals surface area contributed by atoms with Crippen LogP contribution in [0, 0.1) is 5.82 Å². The van der Waals surface area contributed by atoms with Crippen molar-refractivity contribution in [3.8, 4) is 5.75 Å². The molecule has 144 valence electrons. The Hall–Kier alpha value is -3.09. The van der Waals surface area contributed by atoms with E-state index in [1.165, 1.54) is 13.0 Å². The van der Waals surface area contributed by atoms with E-state index in [0.29, 0.717) is 42.5 Å². The van der Waals surface area contributed by atoms with Gasteiger partial charge in [0, 0.05) is 27.1 Å². The van der Waals surface area contributed by atoms with Crippen LogP contribution in [0.5, 0.6) is 5.75 Å². The van der Waals surface area contributed by atoms with Crippen molar-refractivity contribution in [3.05, 3.63) is 59.4 Å². The number of hydrogen-bond donors (Lipinski definition) is 3. The molecule has 0 aliphatic carbocycles. The SMILES string of the molecule is CN=C(NCCc1ccccc1F)NCc1ccc(OC)c(NC(C)=O)c1. The Bertz CT molecular complexity index is 808. The summed E-state index contributed by atoms with van der Waals surface area (Å²) in [5.74, 6) is 0.847. The molecule has 3 N–H and O–H groups in total. The standard InChI is InChI=1S/C20H25FN4O2/c1-14(26)25-18-12-15(8-9-19(18)27-3)13-24-20(22-2)23-11-10-16-6-4-5-7-17(16)21/h4-9,12H,10-11,13H2,1-3H3,(H,25,26)(H2,22,23,24). The van der Waals surface area contributed by atoms with Crippen LogP contribution in [0.1, 0.15) is 18.1 Å². The number of amides is 1. The maximum Gasteiger partial charge on any atom is 0.221 e. The molecular weight excluding hydrogens is 347 g/mol. The molecule has 0 radical (unpaired) electrons. The van der Waals surface area contributed by atoms with E-state index in [9.17, 15) is 9.18 Å². The number of hydrogen-bond acceptors (Lipinski definition) is 3. The predicted molar refractivity (Wildman–Crippen MR) is 106 cm³/mol. The van der Waals surface area contributed by atoms with Gasteiger partial charge in [-0.15, -0.1) is 0 Å². The molecule has 0 fully saturated rings. The third-order valence-corrected chi connectivity index (χ3v) is 3.90. The number of aliphatic imine (C=N–C) groups is 1. The molecule has 0 aliphatic rings. The topological polar surface area (TPSA) is 74.8 Å². The summed E-state index contributed by atoms with van der Waals surface area (Å²) in [6.45, 7) is 2.52. The third kappa shape index (κ3) is 6.29. The average molecular weight is 372 g/mol. The fourth-order valence-corrected chi connectivity index (χ4v) is 2.58. The number of methoxy groups -OCH3 is 1. The van der Waals surface area contributed by atoms with Gasteiger partial charge in [0.15, 0.2) is 5.96 Å². The first-order valence-corrected chi connectivity index (χ1v) is 8.66. The van der Waals surface area contributed by atoms with Crippen LogP contribution in [-0.4, -0.2) is 32.6 Å². The average Bonchev–Trinajstić information content (AvgIpc) is 2.65. The van der Waals surface area contributed by atoms with Gasteiger partial charge in [-0.3, -0.25) is 9.79 Å². The zero-order valence-corrected chi connectivity index (χ0v) is 15.8. The number of halogens is 1. The van der Waals surface area contributed by atoms with Gasteiger partial charge in [-0.2, -0.15) is 0 Å². The molecule has 0 bridgehead atoms. The van der Waals surface area contributed by atoms with Crippen molar-refractivity contribution >= 4 is 17.6 Å². The van der Waals surface area contributed by atoms with Crippen LogP contribution >= 0.6 is 0 Å². The molecule has 0 aliphatic heterocycles. The maximum atomic E-state index is 13.6. The second-order valence-corrected chi connectivity index (χ2v) is 5.91. The van der Waals surface area contributed by atoms with Crippen molar-refractivity contribution < 1.29 is 13.9 Å². The van der Waals surface area contributed by atoms with Gasteiger partial charge in [-0.1, -0.05) is 24.3 Å². The second kappa shape index (κ2) is 10.2. The highest BCUT2D eigenvalue weighted by atomic mass is 19.1. The molecule has 1 amide bonds. The first-order valence-electron chi connectivity index (χ1n) is 8.66. The predicted octanol–water partition coefficient (Wildman–Crippen LogP) is 2.70. The quantitative estimate of drug-likeness (QED) is 0.516. The van der Waals surface area contributed by atoms with Crippen molar-refractivity contribution in [2.45, 2.75) is 19.9 Å². The number of guanidine groups is 1. The highest BCUT2D eigenvalue weighted by Gasteiger charge is 2.07. The molecule has 27 heavy (non-hydrogen) atoms. The van der Waals surface area contributed by atoms with E-state index in [1.54, 1.807) is 32.4 Å². The largest absolute Gasteiger partial charge is 0.495 e. The number of benzene rings is 2. The third-order valence-electron chi connectivity index (χ3n) is 3.90. The molecule has 0 saturated carbocycles. The van der Waals surface area contributed by atoms with Crippen molar-refractivity contribution in [1.29, 1.82) is 0 Å².